The number of fused-ring (bicyclic) bond motifs is 1. The number of nitrogens with one attached hydrogen (secondary N) is 2. The highest BCUT2D eigenvalue weighted by Gasteiger charge is 2.36. The van der Waals surface area contributed by atoms with Crippen LogP contribution in [0.5, 0.6) is 0 Å². The highest BCUT2D eigenvalue weighted by molar-refractivity contribution is 7.09. The number of aliphatic hydroxyl groups is 1. The minimum Gasteiger partial charge on any atom is -0.383 e. The van der Waals surface area contributed by atoms with Crippen LogP contribution >= 0.6 is 11.3 Å². The first-order chi connectivity index (χ1) is 11.1. The number of carbonyl (C=O) groups excluding carboxylic acids is 2. The van der Waals surface area contributed by atoms with Crippen molar-refractivity contribution in [3.8, 4) is 0 Å². The van der Waals surface area contributed by atoms with Gasteiger partial charge in [-0.05, 0) is 35.4 Å². The van der Waals surface area contributed by atoms with Gasteiger partial charge in [0.1, 0.15) is 5.60 Å². The van der Waals surface area contributed by atoms with E-state index in [2.05, 4.69) is 10.6 Å². The lowest BCUT2D eigenvalue weighted by molar-refractivity contribution is -0.140. The van der Waals surface area contributed by atoms with Gasteiger partial charge in [0.25, 0.3) is 0 Å². The molecule has 3 rings (SSSR count). The molecule has 3 N–H and O–H groups in total. The first-order valence-electron chi connectivity index (χ1n) is 7.48. The smallest absolute Gasteiger partial charge is 0.309 e. The second-order valence-electron chi connectivity index (χ2n) is 5.63. The van der Waals surface area contributed by atoms with Crippen LogP contribution in [0, 0.1) is 0 Å². The number of hydrogen-bond acceptors (Lipinski definition) is 4. The van der Waals surface area contributed by atoms with E-state index in [0.717, 1.165) is 22.4 Å². The van der Waals surface area contributed by atoms with E-state index in [0.29, 0.717) is 13.0 Å². The van der Waals surface area contributed by atoms with Gasteiger partial charge in [0.2, 0.25) is 0 Å². The summed E-state index contributed by atoms with van der Waals surface area (Å²) in [5.41, 5.74) is 0.825. The average molecular weight is 330 g/mol. The van der Waals surface area contributed by atoms with Crippen molar-refractivity contribution < 1.29 is 14.7 Å². The van der Waals surface area contributed by atoms with Gasteiger partial charge in [-0.25, -0.2) is 0 Å². The molecular formula is C17H18N2O3S. The fourth-order valence-corrected chi connectivity index (χ4v) is 3.46. The molecule has 6 heteroatoms. The molecule has 2 amide bonds. The fraction of sp³-hybridized carbons (Fsp3) is 0.294. The monoisotopic (exact) mass is 330 g/mol. The predicted octanol–water partition coefficient (Wildman–Crippen LogP) is 1.31. The Morgan fingerprint density at radius 2 is 1.91 bits per heavy atom. The Morgan fingerprint density at radius 1 is 1.13 bits per heavy atom. The van der Waals surface area contributed by atoms with Crippen LogP contribution in [0.15, 0.2) is 41.8 Å². The van der Waals surface area contributed by atoms with Crippen molar-refractivity contribution in [2.75, 3.05) is 6.54 Å². The minimum atomic E-state index is -1.10. The van der Waals surface area contributed by atoms with Gasteiger partial charge in [0.05, 0.1) is 13.1 Å². The summed E-state index contributed by atoms with van der Waals surface area (Å²) in [4.78, 5) is 24.7. The summed E-state index contributed by atoms with van der Waals surface area (Å²) in [5.74, 6) is -1.41. The second-order valence-corrected chi connectivity index (χ2v) is 6.67. The van der Waals surface area contributed by atoms with E-state index < -0.39 is 17.4 Å². The molecule has 23 heavy (non-hydrogen) atoms. The summed E-state index contributed by atoms with van der Waals surface area (Å²) in [7, 11) is 0. The van der Waals surface area contributed by atoms with Crippen LogP contribution in [0.1, 0.15) is 22.4 Å². The SMILES string of the molecule is O=C(NCc1cccs1)C(=O)NCC1(O)CCc2ccccc21. The average Bonchev–Trinajstić information content (AvgIpc) is 3.20. The molecular weight excluding hydrogens is 312 g/mol. The fourth-order valence-electron chi connectivity index (χ4n) is 2.82. The highest BCUT2D eigenvalue weighted by Crippen LogP contribution is 2.36. The molecule has 1 atom stereocenters. The molecule has 5 nitrogen and oxygen atoms in total. The van der Waals surface area contributed by atoms with E-state index in [4.69, 9.17) is 0 Å². The Kier molecular flexibility index (Phi) is 4.45. The zero-order valence-electron chi connectivity index (χ0n) is 12.5. The minimum absolute atomic E-state index is 0.0370. The van der Waals surface area contributed by atoms with Gasteiger partial charge in [-0.2, -0.15) is 0 Å². The van der Waals surface area contributed by atoms with Crippen LogP contribution < -0.4 is 10.6 Å². The molecule has 2 aromatic rings. The summed E-state index contributed by atoms with van der Waals surface area (Å²) in [6.07, 6.45) is 1.32. The van der Waals surface area contributed by atoms with Crippen molar-refractivity contribution in [3.05, 3.63) is 57.8 Å². The van der Waals surface area contributed by atoms with E-state index in [1.807, 2.05) is 41.8 Å². The number of thiophene rings is 1. The number of amides is 2. The molecule has 1 heterocycles. The van der Waals surface area contributed by atoms with Crippen molar-refractivity contribution >= 4 is 23.2 Å². The van der Waals surface area contributed by atoms with Crippen LogP contribution in [-0.4, -0.2) is 23.5 Å². The number of aryl methyl sites for hydroxylation is 1. The van der Waals surface area contributed by atoms with Crippen molar-refractivity contribution in [1.29, 1.82) is 0 Å². The summed E-state index contributed by atoms with van der Waals surface area (Å²) in [6, 6.07) is 11.4. The first-order valence-corrected chi connectivity index (χ1v) is 8.36. The van der Waals surface area contributed by atoms with Crippen LogP contribution in [0.3, 0.4) is 0 Å². The Morgan fingerprint density at radius 3 is 2.70 bits per heavy atom. The Hall–Kier alpha value is -2.18. The lowest BCUT2D eigenvalue weighted by Gasteiger charge is -2.24. The largest absolute Gasteiger partial charge is 0.383 e. The topological polar surface area (TPSA) is 78.4 Å². The standard InChI is InChI=1S/C17H18N2O3S/c20-15(18-10-13-5-3-9-23-13)16(21)19-11-17(22)8-7-12-4-1-2-6-14(12)17/h1-6,9,22H,7-8,10-11H2,(H,18,20)(H,19,21). The maximum Gasteiger partial charge on any atom is 0.309 e. The van der Waals surface area contributed by atoms with Crippen LogP contribution in [0.4, 0.5) is 0 Å². The van der Waals surface area contributed by atoms with Gasteiger partial charge in [-0.3, -0.25) is 9.59 Å². The van der Waals surface area contributed by atoms with Gasteiger partial charge >= 0.3 is 11.8 Å². The zero-order chi connectivity index (χ0) is 16.3. The molecule has 0 spiro atoms. The Balaban J connectivity index is 1.54. The molecule has 0 fully saturated rings. The second kappa shape index (κ2) is 6.52. The van der Waals surface area contributed by atoms with Gasteiger partial charge in [0, 0.05) is 4.88 Å². The van der Waals surface area contributed by atoms with E-state index >= 15 is 0 Å². The van der Waals surface area contributed by atoms with Crippen molar-refractivity contribution in [2.45, 2.75) is 25.0 Å². The molecule has 0 saturated carbocycles. The molecule has 0 radical (unpaired) electrons. The normalized spacial score (nSPS) is 19.2. The molecule has 1 unspecified atom stereocenters. The van der Waals surface area contributed by atoms with E-state index in [-0.39, 0.29) is 6.54 Å². The van der Waals surface area contributed by atoms with Gasteiger partial charge in [0.15, 0.2) is 0 Å². The summed E-state index contributed by atoms with van der Waals surface area (Å²) >= 11 is 1.52. The van der Waals surface area contributed by atoms with Crippen molar-refractivity contribution in [1.82, 2.24) is 10.6 Å². The molecule has 0 bridgehead atoms. The Labute approximate surface area is 138 Å². The third kappa shape index (κ3) is 3.43. The van der Waals surface area contributed by atoms with E-state index in [1.165, 1.54) is 11.3 Å². The van der Waals surface area contributed by atoms with Crippen molar-refractivity contribution in [3.63, 3.8) is 0 Å². The van der Waals surface area contributed by atoms with Crippen LogP contribution in [0.2, 0.25) is 0 Å². The van der Waals surface area contributed by atoms with Gasteiger partial charge < -0.3 is 15.7 Å². The number of benzene rings is 1. The first kappa shape index (κ1) is 15.7. The van der Waals surface area contributed by atoms with E-state index in [9.17, 15) is 14.7 Å². The predicted molar refractivity (Wildman–Crippen MR) is 87.8 cm³/mol. The molecule has 1 aromatic carbocycles. The molecule has 1 aliphatic carbocycles. The summed E-state index contributed by atoms with van der Waals surface area (Å²) in [6.45, 7) is 0.367. The number of carbonyl (C=O) groups is 2. The quantitative estimate of drug-likeness (QED) is 0.740. The molecule has 0 aliphatic heterocycles. The number of hydrogen-bond donors (Lipinski definition) is 3. The van der Waals surface area contributed by atoms with E-state index in [1.54, 1.807) is 0 Å². The Bertz CT molecular complexity index is 714. The lowest BCUT2D eigenvalue weighted by atomic mass is 9.96. The number of rotatable bonds is 4. The molecule has 0 saturated heterocycles. The third-order valence-corrected chi connectivity index (χ3v) is 4.95. The summed E-state index contributed by atoms with van der Waals surface area (Å²) < 4.78 is 0. The zero-order valence-corrected chi connectivity index (χ0v) is 13.4. The lowest BCUT2D eigenvalue weighted by Crippen LogP contribution is -2.45. The third-order valence-electron chi connectivity index (χ3n) is 4.08. The highest BCUT2D eigenvalue weighted by atomic mass is 32.1. The molecule has 120 valence electrons. The van der Waals surface area contributed by atoms with Crippen LogP contribution in [-0.2, 0) is 28.2 Å². The molecule has 1 aliphatic rings. The summed E-state index contributed by atoms with van der Waals surface area (Å²) in [5, 5.41) is 17.7. The maximum absolute atomic E-state index is 11.9. The molecule has 1 aromatic heterocycles. The van der Waals surface area contributed by atoms with Crippen LogP contribution in [0.25, 0.3) is 0 Å². The maximum atomic E-state index is 11.9. The van der Waals surface area contributed by atoms with Gasteiger partial charge in [-0.15, -0.1) is 11.3 Å². The van der Waals surface area contributed by atoms with Crippen molar-refractivity contribution in [2.24, 2.45) is 0 Å². The van der Waals surface area contributed by atoms with Gasteiger partial charge in [-0.1, -0.05) is 30.3 Å².